The van der Waals surface area contributed by atoms with Crippen LogP contribution in [0.4, 0.5) is 0 Å². The van der Waals surface area contributed by atoms with E-state index in [4.69, 9.17) is 25.5 Å². The average Bonchev–Trinajstić information content (AvgIpc) is 3.28. The maximum absolute atomic E-state index is 11.9. The Hall–Kier alpha value is -1.60. The summed E-state index contributed by atoms with van der Waals surface area (Å²) < 4.78 is 17.7. The Kier molecular flexibility index (Phi) is 6.05. The van der Waals surface area contributed by atoms with Crippen molar-refractivity contribution in [3.05, 3.63) is 68.8 Å². The van der Waals surface area contributed by atoms with E-state index in [2.05, 4.69) is 33.9 Å². The number of halogens is 1. The first-order valence-corrected chi connectivity index (χ1v) is 13.2. The van der Waals surface area contributed by atoms with Gasteiger partial charge in [0.15, 0.2) is 14.6 Å². The van der Waals surface area contributed by atoms with Crippen LogP contribution in [0.5, 0.6) is 0 Å². The van der Waals surface area contributed by atoms with Crippen LogP contribution in [-0.4, -0.2) is 14.6 Å². The normalized spacial score (nSPS) is 15.9. The summed E-state index contributed by atoms with van der Waals surface area (Å²) >= 11 is 7.62. The van der Waals surface area contributed by atoms with Gasteiger partial charge in [-0.05, 0) is 41.9 Å². The van der Waals surface area contributed by atoms with E-state index in [0.29, 0.717) is 9.90 Å². The predicted octanol–water partition coefficient (Wildman–Crippen LogP) is 6.84. The molecule has 0 saturated heterocycles. The summed E-state index contributed by atoms with van der Waals surface area (Å²) in [7, 11) is -2.14. The van der Waals surface area contributed by atoms with Gasteiger partial charge in [0.05, 0.1) is 15.9 Å². The molecular formula is C21H25ClO4SSi. The van der Waals surface area contributed by atoms with Gasteiger partial charge in [0.25, 0.3) is 6.29 Å². The van der Waals surface area contributed by atoms with Crippen LogP contribution < -0.4 is 0 Å². The Bertz CT molecular complexity index is 877. The number of rotatable bonds is 6. The molecule has 0 N–H and O–H groups in total. The zero-order chi connectivity index (χ0) is 20.5. The van der Waals surface area contributed by atoms with Gasteiger partial charge in [-0.15, -0.1) is 11.3 Å². The predicted molar refractivity (Wildman–Crippen MR) is 115 cm³/mol. The van der Waals surface area contributed by atoms with Crippen LogP contribution >= 0.6 is 22.9 Å². The molecule has 0 fully saturated rings. The molecule has 0 spiro atoms. The molecule has 28 heavy (non-hydrogen) atoms. The fourth-order valence-corrected chi connectivity index (χ4v) is 5.06. The van der Waals surface area contributed by atoms with Crippen LogP contribution in [0.1, 0.15) is 58.8 Å². The monoisotopic (exact) mass is 436 g/mol. The van der Waals surface area contributed by atoms with Crippen molar-refractivity contribution >= 4 is 37.5 Å². The Morgan fingerprint density at radius 3 is 2.46 bits per heavy atom. The molecule has 150 valence electrons. The van der Waals surface area contributed by atoms with Gasteiger partial charge in [-0.1, -0.05) is 44.5 Å². The van der Waals surface area contributed by atoms with Crippen LogP contribution in [0, 0.1) is 0 Å². The molecule has 0 aliphatic carbocycles. The lowest BCUT2D eigenvalue weighted by Crippen LogP contribution is -2.42. The highest BCUT2D eigenvalue weighted by atomic mass is 35.5. The van der Waals surface area contributed by atoms with Gasteiger partial charge in [-0.3, -0.25) is 4.79 Å². The third kappa shape index (κ3) is 4.35. The molecule has 0 radical (unpaired) electrons. The highest BCUT2D eigenvalue weighted by Gasteiger charge is 2.40. The van der Waals surface area contributed by atoms with E-state index in [-0.39, 0.29) is 11.1 Å². The summed E-state index contributed by atoms with van der Waals surface area (Å²) in [6, 6.07) is 9.57. The quantitative estimate of drug-likeness (QED) is 0.367. The number of hydrogen-bond donors (Lipinski definition) is 0. The van der Waals surface area contributed by atoms with Gasteiger partial charge in [-0.25, -0.2) is 0 Å². The minimum Gasteiger partial charge on any atom is -0.454 e. The maximum atomic E-state index is 11.9. The Labute approximate surface area is 176 Å². The van der Waals surface area contributed by atoms with Gasteiger partial charge in [0.1, 0.15) is 12.5 Å². The van der Waals surface area contributed by atoms with Crippen LogP contribution in [0.3, 0.4) is 0 Å². The van der Waals surface area contributed by atoms with Crippen molar-refractivity contribution in [1.82, 2.24) is 0 Å². The minimum atomic E-state index is -2.14. The summed E-state index contributed by atoms with van der Waals surface area (Å²) in [6.45, 7) is 11.0. The second-order valence-corrected chi connectivity index (χ2v) is 14.6. The summed E-state index contributed by atoms with van der Waals surface area (Å²) in [5, 5.41) is 0.655. The molecule has 0 saturated carbocycles. The molecule has 4 nitrogen and oxygen atoms in total. The molecule has 0 amide bonds. The lowest BCUT2D eigenvalue weighted by Gasteiger charge is -2.39. The standard InChI is InChI=1S/C21H25ClO4SSi/c1-21(2,3)28(4,5)26-19(14-7-6-8-15(22)11-14)16-12-17(27-18(16)13-23)20-24-9-10-25-20/h6-13,19-20H,1-5H3. The van der Waals surface area contributed by atoms with E-state index in [1.807, 2.05) is 30.3 Å². The third-order valence-corrected chi connectivity index (χ3v) is 11.0. The average molecular weight is 437 g/mol. The SMILES string of the molecule is CC(C)(C)[Si](C)(C)OC(c1cccc(Cl)c1)c1cc(C2OC=CO2)sc1C=O. The smallest absolute Gasteiger partial charge is 0.275 e. The fourth-order valence-electron chi connectivity index (χ4n) is 2.68. The van der Waals surface area contributed by atoms with Gasteiger partial charge >= 0.3 is 0 Å². The van der Waals surface area contributed by atoms with Crippen molar-refractivity contribution in [2.45, 2.75) is 51.3 Å². The molecule has 3 rings (SSSR count). The van der Waals surface area contributed by atoms with E-state index >= 15 is 0 Å². The molecule has 1 unspecified atom stereocenters. The molecule has 7 heteroatoms. The van der Waals surface area contributed by atoms with E-state index in [9.17, 15) is 4.79 Å². The van der Waals surface area contributed by atoms with Crippen molar-refractivity contribution in [2.75, 3.05) is 0 Å². The molecule has 1 aromatic heterocycles. The zero-order valence-corrected chi connectivity index (χ0v) is 19.3. The van der Waals surface area contributed by atoms with Crippen molar-refractivity contribution in [3.63, 3.8) is 0 Å². The van der Waals surface area contributed by atoms with Crippen molar-refractivity contribution in [1.29, 1.82) is 0 Å². The number of carbonyl (C=O) groups excluding carboxylic acids is 1. The van der Waals surface area contributed by atoms with Gasteiger partial charge in [0.2, 0.25) is 0 Å². The number of thiophene rings is 1. The molecule has 2 aromatic rings. The Morgan fingerprint density at radius 2 is 1.89 bits per heavy atom. The number of carbonyl (C=O) groups is 1. The first-order chi connectivity index (χ1) is 13.1. The second kappa shape index (κ2) is 8.03. The second-order valence-electron chi connectivity index (χ2n) is 8.28. The lowest BCUT2D eigenvalue weighted by molar-refractivity contribution is -0.0217. The van der Waals surface area contributed by atoms with Gasteiger partial charge < -0.3 is 13.9 Å². The first-order valence-electron chi connectivity index (χ1n) is 9.10. The molecule has 1 aromatic carbocycles. The van der Waals surface area contributed by atoms with E-state index < -0.39 is 14.6 Å². The molecule has 2 heterocycles. The Morgan fingerprint density at radius 1 is 1.21 bits per heavy atom. The maximum Gasteiger partial charge on any atom is 0.275 e. The summed E-state index contributed by atoms with van der Waals surface area (Å²) in [4.78, 5) is 13.3. The van der Waals surface area contributed by atoms with E-state index in [0.717, 1.165) is 22.3 Å². The van der Waals surface area contributed by atoms with Crippen molar-refractivity contribution in [2.24, 2.45) is 0 Å². The highest BCUT2D eigenvalue weighted by Crippen LogP contribution is 2.44. The summed E-state index contributed by atoms with van der Waals surface area (Å²) in [5.41, 5.74) is 1.75. The largest absolute Gasteiger partial charge is 0.454 e. The third-order valence-electron chi connectivity index (χ3n) is 5.26. The van der Waals surface area contributed by atoms with Gasteiger partial charge in [0, 0.05) is 10.6 Å². The highest BCUT2D eigenvalue weighted by molar-refractivity contribution is 7.13. The zero-order valence-electron chi connectivity index (χ0n) is 16.7. The molecule has 1 aliphatic heterocycles. The molecular weight excluding hydrogens is 412 g/mol. The van der Waals surface area contributed by atoms with Crippen LogP contribution in [0.25, 0.3) is 0 Å². The first kappa shape index (κ1) is 21.1. The van der Waals surface area contributed by atoms with E-state index in [1.165, 1.54) is 23.9 Å². The Balaban J connectivity index is 2.07. The van der Waals surface area contributed by atoms with Crippen LogP contribution in [0.15, 0.2) is 42.9 Å². The van der Waals surface area contributed by atoms with Crippen LogP contribution in [0.2, 0.25) is 23.2 Å². The van der Waals surface area contributed by atoms with Crippen LogP contribution in [-0.2, 0) is 13.9 Å². The van der Waals surface area contributed by atoms with Gasteiger partial charge in [-0.2, -0.15) is 0 Å². The minimum absolute atomic E-state index is 0.0195. The number of aldehydes is 1. The van der Waals surface area contributed by atoms with E-state index in [1.54, 1.807) is 0 Å². The summed E-state index contributed by atoms with van der Waals surface area (Å²) in [5.74, 6) is 0. The summed E-state index contributed by atoms with van der Waals surface area (Å²) in [6.07, 6.45) is 2.97. The van der Waals surface area contributed by atoms with Crippen molar-refractivity contribution < 1.29 is 18.7 Å². The number of hydrogen-bond acceptors (Lipinski definition) is 5. The molecule has 0 bridgehead atoms. The fraction of sp³-hybridized carbons (Fsp3) is 0.381. The lowest BCUT2D eigenvalue weighted by atomic mass is 10.0. The molecule has 1 atom stereocenters. The number of benzene rings is 1. The molecule has 1 aliphatic rings. The van der Waals surface area contributed by atoms with Crippen molar-refractivity contribution in [3.8, 4) is 0 Å². The number of ether oxygens (including phenoxy) is 2. The topological polar surface area (TPSA) is 44.8 Å².